The van der Waals surface area contributed by atoms with E-state index in [1.165, 1.54) is 11.1 Å². The van der Waals surface area contributed by atoms with Gasteiger partial charge in [0, 0.05) is 16.8 Å². The third kappa shape index (κ3) is 3.38. The van der Waals surface area contributed by atoms with Crippen LogP contribution in [-0.4, -0.2) is 11.5 Å². The van der Waals surface area contributed by atoms with Gasteiger partial charge in [-0.3, -0.25) is 0 Å². The molecule has 0 saturated heterocycles. The number of hydrogen-bond acceptors (Lipinski definition) is 3. The molecular formula is C18H17ClN2S. The van der Waals surface area contributed by atoms with Gasteiger partial charge >= 0.3 is 0 Å². The number of aromatic nitrogens is 1. The molecule has 1 aromatic heterocycles. The standard InChI is InChI=1S/C18H17ClN2S/c19-15-8-6-14(7-9-15)17(13-4-2-1-3-5-13)18-21-16(10-11-20)12-22-18/h1-9,12,17H,10-11,20H2. The first-order valence-corrected chi connectivity index (χ1v) is 8.48. The van der Waals surface area contributed by atoms with Crippen LogP contribution in [0, 0.1) is 0 Å². The van der Waals surface area contributed by atoms with Crippen molar-refractivity contribution in [2.75, 3.05) is 6.54 Å². The highest BCUT2D eigenvalue weighted by molar-refractivity contribution is 7.09. The SMILES string of the molecule is NCCc1csc(C(c2ccccc2)c2ccc(Cl)cc2)n1. The molecule has 0 aliphatic rings. The predicted molar refractivity (Wildman–Crippen MR) is 93.7 cm³/mol. The van der Waals surface area contributed by atoms with Gasteiger partial charge in [0.2, 0.25) is 0 Å². The molecule has 0 bridgehead atoms. The maximum absolute atomic E-state index is 6.03. The summed E-state index contributed by atoms with van der Waals surface area (Å²) < 4.78 is 0. The highest BCUT2D eigenvalue weighted by atomic mass is 35.5. The van der Waals surface area contributed by atoms with Gasteiger partial charge in [0.1, 0.15) is 5.01 Å². The Kier molecular flexibility index (Phi) is 4.88. The molecule has 0 aliphatic heterocycles. The first-order valence-electron chi connectivity index (χ1n) is 7.22. The predicted octanol–water partition coefficient (Wildman–Crippen LogP) is 4.48. The number of rotatable bonds is 5. The van der Waals surface area contributed by atoms with Crippen LogP contribution in [0.3, 0.4) is 0 Å². The zero-order valence-electron chi connectivity index (χ0n) is 12.1. The van der Waals surface area contributed by atoms with E-state index in [2.05, 4.69) is 41.8 Å². The molecule has 4 heteroatoms. The first kappa shape index (κ1) is 15.2. The zero-order chi connectivity index (χ0) is 15.4. The molecule has 1 atom stereocenters. The second-order valence-electron chi connectivity index (χ2n) is 5.11. The third-order valence-corrected chi connectivity index (χ3v) is 4.76. The van der Waals surface area contributed by atoms with Gasteiger partial charge in [0.25, 0.3) is 0 Å². The fraction of sp³-hybridized carbons (Fsp3) is 0.167. The van der Waals surface area contributed by atoms with Gasteiger partial charge in [-0.05, 0) is 29.8 Å². The molecule has 1 heterocycles. The quantitative estimate of drug-likeness (QED) is 0.750. The van der Waals surface area contributed by atoms with E-state index in [0.717, 1.165) is 22.1 Å². The molecule has 3 aromatic rings. The molecule has 22 heavy (non-hydrogen) atoms. The van der Waals surface area contributed by atoms with Crippen molar-refractivity contribution in [3.8, 4) is 0 Å². The van der Waals surface area contributed by atoms with Crippen molar-refractivity contribution in [2.45, 2.75) is 12.3 Å². The number of nitrogens with zero attached hydrogens (tertiary/aromatic N) is 1. The molecule has 0 spiro atoms. The molecular weight excluding hydrogens is 312 g/mol. The second-order valence-corrected chi connectivity index (χ2v) is 6.44. The first-order chi connectivity index (χ1) is 10.8. The topological polar surface area (TPSA) is 38.9 Å². The second kappa shape index (κ2) is 7.05. The van der Waals surface area contributed by atoms with Gasteiger partial charge in [-0.1, -0.05) is 54.1 Å². The smallest absolute Gasteiger partial charge is 0.105 e. The summed E-state index contributed by atoms with van der Waals surface area (Å²) in [5, 5.41) is 3.95. The minimum Gasteiger partial charge on any atom is -0.330 e. The van der Waals surface area contributed by atoms with E-state index in [4.69, 9.17) is 22.3 Å². The molecule has 0 saturated carbocycles. The van der Waals surface area contributed by atoms with Crippen LogP contribution in [-0.2, 0) is 6.42 Å². The molecule has 112 valence electrons. The van der Waals surface area contributed by atoms with Crippen LogP contribution >= 0.6 is 22.9 Å². The molecule has 0 amide bonds. The van der Waals surface area contributed by atoms with Crippen molar-refractivity contribution in [3.05, 3.63) is 86.8 Å². The van der Waals surface area contributed by atoms with Crippen LogP contribution < -0.4 is 5.73 Å². The van der Waals surface area contributed by atoms with E-state index in [-0.39, 0.29) is 5.92 Å². The van der Waals surface area contributed by atoms with Crippen LogP contribution in [0.25, 0.3) is 0 Å². The van der Waals surface area contributed by atoms with Gasteiger partial charge in [0.15, 0.2) is 0 Å². The maximum Gasteiger partial charge on any atom is 0.105 e. The summed E-state index contributed by atoms with van der Waals surface area (Å²) in [7, 11) is 0. The number of benzene rings is 2. The van der Waals surface area contributed by atoms with Crippen molar-refractivity contribution in [1.29, 1.82) is 0 Å². The molecule has 0 fully saturated rings. The summed E-state index contributed by atoms with van der Waals surface area (Å²) in [5.41, 5.74) is 9.13. The summed E-state index contributed by atoms with van der Waals surface area (Å²) in [6, 6.07) is 18.5. The largest absolute Gasteiger partial charge is 0.330 e. The van der Waals surface area contributed by atoms with E-state index in [9.17, 15) is 0 Å². The van der Waals surface area contributed by atoms with Crippen molar-refractivity contribution in [3.63, 3.8) is 0 Å². The van der Waals surface area contributed by atoms with Crippen LogP contribution in [0.2, 0.25) is 5.02 Å². The minimum atomic E-state index is 0.134. The van der Waals surface area contributed by atoms with Crippen molar-refractivity contribution < 1.29 is 0 Å². The van der Waals surface area contributed by atoms with E-state index < -0.39 is 0 Å². The highest BCUT2D eigenvalue weighted by Crippen LogP contribution is 2.34. The van der Waals surface area contributed by atoms with E-state index >= 15 is 0 Å². The summed E-state index contributed by atoms with van der Waals surface area (Å²) in [4.78, 5) is 4.78. The average molecular weight is 329 g/mol. The van der Waals surface area contributed by atoms with Gasteiger partial charge in [-0.15, -0.1) is 11.3 Å². The summed E-state index contributed by atoms with van der Waals surface area (Å²) in [6.07, 6.45) is 0.818. The number of hydrogen-bond donors (Lipinski definition) is 1. The van der Waals surface area contributed by atoms with Crippen LogP contribution in [0.4, 0.5) is 0 Å². The lowest BCUT2D eigenvalue weighted by molar-refractivity contribution is 0.893. The molecule has 3 rings (SSSR count). The molecule has 2 nitrogen and oxygen atoms in total. The summed E-state index contributed by atoms with van der Waals surface area (Å²) in [6.45, 7) is 0.625. The normalized spacial score (nSPS) is 12.3. The van der Waals surface area contributed by atoms with E-state index in [0.29, 0.717) is 6.54 Å². The fourth-order valence-electron chi connectivity index (χ4n) is 2.50. The van der Waals surface area contributed by atoms with Crippen molar-refractivity contribution in [1.82, 2.24) is 4.98 Å². The van der Waals surface area contributed by atoms with Crippen LogP contribution in [0.1, 0.15) is 27.7 Å². The summed E-state index contributed by atoms with van der Waals surface area (Å²) in [5.74, 6) is 0.134. The Morgan fingerprint density at radius 3 is 2.36 bits per heavy atom. The average Bonchev–Trinajstić information content (AvgIpc) is 2.99. The lowest BCUT2D eigenvalue weighted by Gasteiger charge is -2.15. The van der Waals surface area contributed by atoms with E-state index in [1.807, 2.05) is 18.2 Å². The minimum absolute atomic E-state index is 0.134. The van der Waals surface area contributed by atoms with Crippen LogP contribution in [0.15, 0.2) is 60.0 Å². The zero-order valence-corrected chi connectivity index (χ0v) is 13.6. The molecule has 2 N–H and O–H groups in total. The fourth-order valence-corrected chi connectivity index (χ4v) is 3.63. The monoisotopic (exact) mass is 328 g/mol. The highest BCUT2D eigenvalue weighted by Gasteiger charge is 2.20. The molecule has 2 aromatic carbocycles. The Morgan fingerprint density at radius 2 is 1.68 bits per heavy atom. The Bertz CT molecular complexity index is 722. The molecule has 1 unspecified atom stereocenters. The lowest BCUT2D eigenvalue weighted by Crippen LogP contribution is -2.05. The Balaban J connectivity index is 2.04. The Morgan fingerprint density at radius 1 is 1.00 bits per heavy atom. The number of halogens is 1. The Labute approximate surface area is 139 Å². The third-order valence-electron chi connectivity index (χ3n) is 3.55. The van der Waals surface area contributed by atoms with Gasteiger partial charge < -0.3 is 5.73 Å². The van der Waals surface area contributed by atoms with Crippen molar-refractivity contribution in [2.24, 2.45) is 5.73 Å². The molecule has 0 radical (unpaired) electrons. The van der Waals surface area contributed by atoms with Crippen LogP contribution in [0.5, 0.6) is 0 Å². The maximum atomic E-state index is 6.03. The van der Waals surface area contributed by atoms with Gasteiger partial charge in [-0.25, -0.2) is 4.98 Å². The number of thiazole rings is 1. The Hall–Kier alpha value is -1.68. The lowest BCUT2D eigenvalue weighted by atomic mass is 9.92. The van der Waals surface area contributed by atoms with Crippen molar-refractivity contribution >= 4 is 22.9 Å². The summed E-state index contributed by atoms with van der Waals surface area (Å²) >= 11 is 7.72. The van der Waals surface area contributed by atoms with Gasteiger partial charge in [-0.2, -0.15) is 0 Å². The van der Waals surface area contributed by atoms with E-state index in [1.54, 1.807) is 11.3 Å². The van der Waals surface area contributed by atoms with Gasteiger partial charge in [0.05, 0.1) is 11.6 Å². The molecule has 0 aliphatic carbocycles. The number of nitrogens with two attached hydrogens (primary N) is 1.